The monoisotopic (exact) mass is 297 g/mol. The maximum absolute atomic E-state index is 13.6. The molecule has 0 aliphatic carbocycles. The molecule has 0 aliphatic rings. The highest BCUT2D eigenvalue weighted by Crippen LogP contribution is 2.23. The fraction of sp³-hybridized carbons (Fsp3) is 0.0714. The number of hydrogen-bond acceptors (Lipinski definition) is 2. The fourth-order valence-electron chi connectivity index (χ4n) is 1.68. The van der Waals surface area contributed by atoms with Crippen molar-refractivity contribution in [1.29, 1.82) is 0 Å². The van der Waals surface area contributed by atoms with Gasteiger partial charge < -0.3 is 10.5 Å². The van der Waals surface area contributed by atoms with E-state index in [2.05, 4.69) is 0 Å². The molecule has 0 aromatic heterocycles. The Morgan fingerprint density at radius 1 is 1.00 bits per heavy atom. The molecular weight excluding hydrogens is 287 g/mol. The number of halogens is 3. The largest absolute Gasteiger partial charge is 0.488 e. The Kier molecular flexibility index (Phi) is 4.24. The Bertz CT molecular complexity index is 641. The summed E-state index contributed by atoms with van der Waals surface area (Å²) in [5.41, 5.74) is 5.08. The molecule has 0 aliphatic heterocycles. The number of nitrogens with two attached hydrogens (primary N) is 1. The van der Waals surface area contributed by atoms with Crippen molar-refractivity contribution < 1.29 is 17.9 Å². The second kappa shape index (κ2) is 5.92. The summed E-state index contributed by atoms with van der Waals surface area (Å²) in [4.78, 5) is -0.188. The van der Waals surface area contributed by atoms with E-state index < -0.39 is 24.1 Å². The molecule has 0 spiro atoms. The van der Waals surface area contributed by atoms with Gasteiger partial charge in [0, 0.05) is 0 Å². The normalized spacial score (nSPS) is 10.3. The van der Waals surface area contributed by atoms with Crippen LogP contribution in [0.2, 0.25) is 0 Å². The molecule has 2 N–H and O–H groups in total. The van der Waals surface area contributed by atoms with Crippen LogP contribution in [0, 0.1) is 17.5 Å². The molecule has 2 aromatic rings. The Balaban J connectivity index is 2.28. The van der Waals surface area contributed by atoms with Crippen molar-refractivity contribution in [3.8, 4) is 5.75 Å². The highest BCUT2D eigenvalue weighted by Gasteiger charge is 2.14. The van der Waals surface area contributed by atoms with Gasteiger partial charge in [-0.1, -0.05) is 24.4 Å². The lowest BCUT2D eigenvalue weighted by atomic mass is 10.2. The van der Waals surface area contributed by atoms with Gasteiger partial charge in [0.1, 0.15) is 34.8 Å². The van der Waals surface area contributed by atoms with E-state index in [-0.39, 0.29) is 21.9 Å². The topological polar surface area (TPSA) is 35.2 Å². The van der Waals surface area contributed by atoms with Crippen molar-refractivity contribution in [2.24, 2.45) is 5.73 Å². The number of thiocarbonyl (C=S) groups is 1. The second-order valence-corrected chi connectivity index (χ2v) is 4.41. The molecule has 0 saturated carbocycles. The smallest absolute Gasteiger partial charge is 0.137 e. The Morgan fingerprint density at radius 3 is 2.15 bits per heavy atom. The first kappa shape index (κ1) is 14.3. The maximum Gasteiger partial charge on any atom is 0.137 e. The van der Waals surface area contributed by atoms with Crippen LogP contribution in [0.5, 0.6) is 5.75 Å². The van der Waals surface area contributed by atoms with Gasteiger partial charge >= 0.3 is 0 Å². The molecule has 0 saturated heterocycles. The molecule has 0 atom stereocenters. The highest BCUT2D eigenvalue weighted by atomic mass is 32.1. The fourth-order valence-corrected chi connectivity index (χ4v) is 1.88. The van der Waals surface area contributed by atoms with E-state index in [0.717, 1.165) is 12.1 Å². The molecular formula is C14H10F3NOS. The van der Waals surface area contributed by atoms with Gasteiger partial charge in [-0.05, 0) is 24.3 Å². The first-order valence-corrected chi connectivity index (χ1v) is 6.05. The van der Waals surface area contributed by atoms with Gasteiger partial charge in [-0.3, -0.25) is 0 Å². The molecule has 2 aromatic carbocycles. The quantitative estimate of drug-likeness (QED) is 0.879. The average Bonchev–Trinajstić information content (AvgIpc) is 2.37. The van der Waals surface area contributed by atoms with Crippen LogP contribution in [0.4, 0.5) is 13.2 Å². The summed E-state index contributed by atoms with van der Waals surface area (Å²) in [5.74, 6) is -2.08. The second-order valence-electron chi connectivity index (χ2n) is 3.97. The van der Waals surface area contributed by atoms with E-state index in [0.29, 0.717) is 0 Å². The van der Waals surface area contributed by atoms with Gasteiger partial charge in [0.2, 0.25) is 0 Å². The summed E-state index contributed by atoms with van der Waals surface area (Å²) in [6.07, 6.45) is 0. The minimum absolute atomic E-state index is 0.0418. The Morgan fingerprint density at radius 2 is 1.55 bits per heavy atom. The van der Waals surface area contributed by atoms with Crippen LogP contribution in [0.15, 0.2) is 36.4 Å². The van der Waals surface area contributed by atoms with E-state index in [1.165, 1.54) is 24.3 Å². The molecule has 0 heterocycles. The minimum Gasteiger partial charge on any atom is -0.488 e. The van der Waals surface area contributed by atoms with Crippen LogP contribution in [0.25, 0.3) is 0 Å². The number of rotatable bonds is 4. The van der Waals surface area contributed by atoms with Crippen LogP contribution in [-0.4, -0.2) is 4.99 Å². The summed E-state index contributed by atoms with van der Waals surface area (Å²) >= 11 is 4.73. The average molecular weight is 297 g/mol. The summed E-state index contributed by atoms with van der Waals surface area (Å²) in [6, 6.07) is 7.46. The number of benzene rings is 2. The van der Waals surface area contributed by atoms with Gasteiger partial charge in [-0.15, -0.1) is 0 Å². The van der Waals surface area contributed by atoms with Crippen molar-refractivity contribution in [3.05, 3.63) is 65.0 Å². The number of hydrogen-bond donors (Lipinski definition) is 1. The SMILES string of the molecule is NC(=S)c1c(F)cccc1OCc1c(F)cccc1F. The summed E-state index contributed by atoms with van der Waals surface area (Å²) in [5, 5.41) is 0. The number of ether oxygens (including phenoxy) is 1. The molecule has 0 fully saturated rings. The summed E-state index contributed by atoms with van der Waals surface area (Å²) < 4.78 is 45.7. The van der Waals surface area contributed by atoms with E-state index >= 15 is 0 Å². The van der Waals surface area contributed by atoms with Gasteiger partial charge in [0.05, 0.1) is 11.1 Å². The molecule has 104 valence electrons. The Labute approximate surface area is 119 Å². The zero-order chi connectivity index (χ0) is 14.7. The molecule has 0 radical (unpaired) electrons. The predicted molar refractivity (Wildman–Crippen MR) is 73.0 cm³/mol. The zero-order valence-corrected chi connectivity index (χ0v) is 11.0. The minimum atomic E-state index is -0.738. The predicted octanol–water partition coefficient (Wildman–Crippen LogP) is 3.32. The van der Waals surface area contributed by atoms with Gasteiger partial charge in [0.15, 0.2) is 0 Å². The van der Waals surface area contributed by atoms with Crippen LogP contribution in [0.1, 0.15) is 11.1 Å². The summed E-state index contributed by atoms with van der Waals surface area (Å²) in [7, 11) is 0. The van der Waals surface area contributed by atoms with Crippen molar-refractivity contribution in [3.63, 3.8) is 0 Å². The third-order valence-corrected chi connectivity index (χ3v) is 2.86. The highest BCUT2D eigenvalue weighted by molar-refractivity contribution is 7.80. The molecule has 0 unspecified atom stereocenters. The molecule has 0 amide bonds. The zero-order valence-electron chi connectivity index (χ0n) is 10.2. The Hall–Kier alpha value is -2.08. The molecule has 0 bridgehead atoms. The van der Waals surface area contributed by atoms with E-state index in [4.69, 9.17) is 22.7 Å². The lowest BCUT2D eigenvalue weighted by molar-refractivity contribution is 0.290. The standard InChI is InChI=1S/C14H10F3NOS/c15-9-3-1-4-10(16)8(9)7-19-12-6-2-5-11(17)13(12)14(18)20/h1-6H,7H2,(H2,18,20). The summed E-state index contributed by atoms with van der Waals surface area (Å²) in [6.45, 7) is -0.391. The molecule has 6 heteroatoms. The first-order chi connectivity index (χ1) is 9.50. The first-order valence-electron chi connectivity index (χ1n) is 5.64. The van der Waals surface area contributed by atoms with Crippen molar-refractivity contribution in [1.82, 2.24) is 0 Å². The molecule has 20 heavy (non-hydrogen) atoms. The van der Waals surface area contributed by atoms with E-state index in [9.17, 15) is 13.2 Å². The lowest BCUT2D eigenvalue weighted by Crippen LogP contribution is -2.14. The van der Waals surface area contributed by atoms with Crippen molar-refractivity contribution in [2.75, 3.05) is 0 Å². The molecule has 2 nitrogen and oxygen atoms in total. The maximum atomic E-state index is 13.6. The third kappa shape index (κ3) is 2.91. The van der Waals surface area contributed by atoms with Crippen molar-refractivity contribution in [2.45, 2.75) is 6.61 Å². The molecule has 2 rings (SSSR count). The van der Waals surface area contributed by atoms with Crippen molar-refractivity contribution >= 4 is 17.2 Å². The van der Waals surface area contributed by atoms with Gasteiger partial charge in [0.25, 0.3) is 0 Å². The van der Waals surface area contributed by atoms with Crippen LogP contribution in [-0.2, 0) is 6.61 Å². The third-order valence-electron chi connectivity index (χ3n) is 2.66. The van der Waals surface area contributed by atoms with E-state index in [1.807, 2.05) is 0 Å². The van der Waals surface area contributed by atoms with E-state index in [1.54, 1.807) is 0 Å². The van der Waals surface area contributed by atoms with Gasteiger partial charge in [-0.25, -0.2) is 13.2 Å². The van der Waals surface area contributed by atoms with Crippen LogP contribution < -0.4 is 10.5 Å². The lowest BCUT2D eigenvalue weighted by Gasteiger charge is -2.12. The van der Waals surface area contributed by atoms with Crippen LogP contribution >= 0.6 is 12.2 Å². The van der Waals surface area contributed by atoms with Gasteiger partial charge in [-0.2, -0.15) is 0 Å². The van der Waals surface area contributed by atoms with Crippen LogP contribution in [0.3, 0.4) is 0 Å².